The minimum atomic E-state index is -0.830. The van der Waals surface area contributed by atoms with E-state index in [9.17, 15) is 4.79 Å². The molecule has 0 atom stereocenters. The van der Waals surface area contributed by atoms with Gasteiger partial charge in [-0.15, -0.1) is 0 Å². The van der Waals surface area contributed by atoms with Crippen LogP contribution in [0.5, 0.6) is 0 Å². The molecule has 3 rings (SSSR count). The molecule has 1 fully saturated rings. The number of rotatable bonds is 1. The SMILES string of the molecule is O=C(O)N1CCC(c2coc3cccnc23)CC1. The van der Waals surface area contributed by atoms with Crippen LogP contribution in [0.15, 0.2) is 29.0 Å². The summed E-state index contributed by atoms with van der Waals surface area (Å²) >= 11 is 0. The summed E-state index contributed by atoms with van der Waals surface area (Å²) in [6.45, 7) is 1.17. The standard InChI is InChI=1S/C13H14N2O3/c16-13(17)15-6-3-9(4-7-15)10-8-18-11-2-1-5-14-12(10)11/h1-2,5,8-9H,3-4,6-7H2,(H,16,17). The molecule has 0 radical (unpaired) electrons. The van der Waals surface area contributed by atoms with Crippen LogP contribution < -0.4 is 0 Å². The van der Waals surface area contributed by atoms with E-state index in [1.807, 2.05) is 12.1 Å². The summed E-state index contributed by atoms with van der Waals surface area (Å²) in [6.07, 6.45) is 4.35. The van der Waals surface area contributed by atoms with Crippen LogP contribution in [0.4, 0.5) is 4.79 Å². The van der Waals surface area contributed by atoms with Gasteiger partial charge in [-0.3, -0.25) is 4.98 Å². The Hall–Kier alpha value is -2.04. The molecule has 18 heavy (non-hydrogen) atoms. The molecule has 0 bridgehead atoms. The molecular weight excluding hydrogens is 232 g/mol. The van der Waals surface area contributed by atoms with Gasteiger partial charge in [-0.25, -0.2) is 4.79 Å². The largest absolute Gasteiger partial charge is 0.465 e. The topological polar surface area (TPSA) is 66.6 Å². The van der Waals surface area contributed by atoms with Crippen LogP contribution in [-0.4, -0.2) is 34.2 Å². The highest BCUT2D eigenvalue weighted by molar-refractivity contribution is 5.76. The van der Waals surface area contributed by atoms with Crippen molar-refractivity contribution in [1.82, 2.24) is 9.88 Å². The lowest BCUT2D eigenvalue weighted by molar-refractivity contribution is 0.132. The first-order chi connectivity index (χ1) is 8.75. The zero-order valence-electron chi connectivity index (χ0n) is 9.87. The monoisotopic (exact) mass is 246 g/mol. The number of hydrogen-bond donors (Lipinski definition) is 1. The normalized spacial score (nSPS) is 17.2. The van der Waals surface area contributed by atoms with Crippen LogP contribution in [-0.2, 0) is 0 Å². The van der Waals surface area contributed by atoms with Crippen LogP contribution in [0, 0.1) is 0 Å². The van der Waals surface area contributed by atoms with Crippen molar-refractivity contribution in [2.45, 2.75) is 18.8 Å². The number of fused-ring (bicyclic) bond motifs is 1. The van der Waals surface area contributed by atoms with E-state index in [1.165, 1.54) is 4.90 Å². The third-order valence-electron chi connectivity index (χ3n) is 3.56. The Kier molecular flexibility index (Phi) is 2.66. The summed E-state index contributed by atoms with van der Waals surface area (Å²) in [5.74, 6) is 0.344. The van der Waals surface area contributed by atoms with Crippen molar-refractivity contribution in [1.29, 1.82) is 0 Å². The molecular formula is C13H14N2O3. The molecule has 5 nitrogen and oxygen atoms in total. The van der Waals surface area contributed by atoms with Gasteiger partial charge in [0.15, 0.2) is 5.58 Å². The van der Waals surface area contributed by atoms with Gasteiger partial charge in [-0.05, 0) is 30.9 Å². The number of likely N-dealkylation sites (tertiary alicyclic amines) is 1. The van der Waals surface area contributed by atoms with Gasteiger partial charge in [0.1, 0.15) is 5.52 Å². The summed E-state index contributed by atoms with van der Waals surface area (Å²) in [7, 11) is 0. The molecule has 1 amide bonds. The van der Waals surface area contributed by atoms with Crippen molar-refractivity contribution in [2.75, 3.05) is 13.1 Å². The van der Waals surface area contributed by atoms with E-state index in [0.29, 0.717) is 19.0 Å². The molecule has 0 saturated carbocycles. The van der Waals surface area contributed by atoms with Crippen molar-refractivity contribution in [3.63, 3.8) is 0 Å². The molecule has 0 aliphatic carbocycles. The van der Waals surface area contributed by atoms with Gasteiger partial charge in [0.05, 0.1) is 6.26 Å². The third-order valence-corrected chi connectivity index (χ3v) is 3.56. The van der Waals surface area contributed by atoms with Crippen LogP contribution in [0.25, 0.3) is 11.1 Å². The van der Waals surface area contributed by atoms with Crippen molar-refractivity contribution in [2.24, 2.45) is 0 Å². The average Bonchev–Trinajstić information content (AvgIpc) is 2.82. The predicted molar refractivity (Wildman–Crippen MR) is 65.6 cm³/mol. The van der Waals surface area contributed by atoms with E-state index in [-0.39, 0.29) is 0 Å². The van der Waals surface area contributed by atoms with Gasteiger partial charge < -0.3 is 14.4 Å². The number of hydrogen-bond acceptors (Lipinski definition) is 3. The van der Waals surface area contributed by atoms with Gasteiger partial charge in [0, 0.05) is 24.8 Å². The molecule has 0 aromatic carbocycles. The lowest BCUT2D eigenvalue weighted by atomic mass is 9.90. The average molecular weight is 246 g/mol. The van der Waals surface area contributed by atoms with E-state index in [4.69, 9.17) is 9.52 Å². The Balaban J connectivity index is 1.82. The van der Waals surface area contributed by atoms with Gasteiger partial charge in [0.2, 0.25) is 0 Å². The summed E-state index contributed by atoms with van der Waals surface area (Å²) in [5, 5.41) is 8.92. The van der Waals surface area contributed by atoms with E-state index in [2.05, 4.69) is 4.98 Å². The number of piperidine rings is 1. The first-order valence-electron chi connectivity index (χ1n) is 6.05. The number of pyridine rings is 1. The maximum atomic E-state index is 10.9. The van der Waals surface area contributed by atoms with Crippen LogP contribution in [0.2, 0.25) is 0 Å². The predicted octanol–water partition coefficient (Wildman–Crippen LogP) is 2.69. The molecule has 1 aliphatic heterocycles. The van der Waals surface area contributed by atoms with E-state index in [0.717, 1.165) is 29.5 Å². The molecule has 0 unspecified atom stereocenters. The Bertz CT molecular complexity index is 570. The summed E-state index contributed by atoms with van der Waals surface area (Å²) in [4.78, 5) is 16.7. The zero-order valence-corrected chi connectivity index (χ0v) is 9.87. The number of furan rings is 1. The quantitative estimate of drug-likeness (QED) is 0.840. The maximum Gasteiger partial charge on any atom is 0.407 e. The van der Waals surface area contributed by atoms with Crippen molar-refractivity contribution < 1.29 is 14.3 Å². The third kappa shape index (κ3) is 1.81. The van der Waals surface area contributed by atoms with Crippen LogP contribution >= 0.6 is 0 Å². The second-order valence-corrected chi connectivity index (χ2v) is 4.59. The molecule has 1 saturated heterocycles. The molecule has 2 aromatic rings. The van der Waals surface area contributed by atoms with Gasteiger partial charge >= 0.3 is 6.09 Å². The highest BCUT2D eigenvalue weighted by atomic mass is 16.4. The van der Waals surface area contributed by atoms with Gasteiger partial charge in [0.25, 0.3) is 0 Å². The number of aromatic nitrogens is 1. The fourth-order valence-corrected chi connectivity index (χ4v) is 2.56. The summed E-state index contributed by atoms with van der Waals surface area (Å²) in [5.41, 5.74) is 2.81. The van der Waals surface area contributed by atoms with Crippen molar-refractivity contribution in [3.05, 3.63) is 30.2 Å². The molecule has 1 N–H and O–H groups in total. The second-order valence-electron chi connectivity index (χ2n) is 4.59. The highest BCUT2D eigenvalue weighted by Gasteiger charge is 2.25. The summed E-state index contributed by atoms with van der Waals surface area (Å²) in [6, 6.07) is 3.75. The Labute approximate surface area is 104 Å². The van der Waals surface area contributed by atoms with Crippen LogP contribution in [0.3, 0.4) is 0 Å². The number of carboxylic acid groups (broad SMARTS) is 1. The Morgan fingerprint density at radius 1 is 1.44 bits per heavy atom. The Morgan fingerprint density at radius 3 is 2.94 bits per heavy atom. The summed E-state index contributed by atoms with van der Waals surface area (Å²) < 4.78 is 5.48. The van der Waals surface area contributed by atoms with E-state index >= 15 is 0 Å². The van der Waals surface area contributed by atoms with Crippen molar-refractivity contribution >= 4 is 17.2 Å². The van der Waals surface area contributed by atoms with Gasteiger partial charge in [-0.2, -0.15) is 0 Å². The fraction of sp³-hybridized carbons (Fsp3) is 0.385. The molecule has 94 valence electrons. The minimum Gasteiger partial charge on any atom is -0.465 e. The Morgan fingerprint density at radius 2 is 2.22 bits per heavy atom. The lowest BCUT2D eigenvalue weighted by Gasteiger charge is -2.29. The fourth-order valence-electron chi connectivity index (χ4n) is 2.56. The number of nitrogens with zero attached hydrogens (tertiary/aromatic N) is 2. The van der Waals surface area contributed by atoms with Gasteiger partial charge in [-0.1, -0.05) is 0 Å². The van der Waals surface area contributed by atoms with Crippen molar-refractivity contribution in [3.8, 4) is 0 Å². The second kappa shape index (κ2) is 4.33. The smallest absolute Gasteiger partial charge is 0.407 e. The highest BCUT2D eigenvalue weighted by Crippen LogP contribution is 2.33. The van der Waals surface area contributed by atoms with Crippen LogP contribution in [0.1, 0.15) is 24.3 Å². The minimum absolute atomic E-state index is 0.344. The molecule has 3 heterocycles. The van der Waals surface area contributed by atoms with E-state index in [1.54, 1.807) is 12.5 Å². The lowest BCUT2D eigenvalue weighted by Crippen LogP contribution is -2.36. The molecule has 1 aliphatic rings. The molecule has 5 heteroatoms. The first kappa shape index (κ1) is 11.1. The van der Waals surface area contributed by atoms with E-state index < -0.39 is 6.09 Å². The molecule has 0 spiro atoms. The maximum absolute atomic E-state index is 10.9. The number of carbonyl (C=O) groups is 1. The number of amides is 1. The molecule has 2 aromatic heterocycles. The zero-order chi connectivity index (χ0) is 12.5. The first-order valence-corrected chi connectivity index (χ1v) is 6.05.